The number of benzene rings is 1. The Hall–Kier alpha value is -1.00. The Morgan fingerprint density at radius 3 is 2.90 bits per heavy atom. The fourth-order valence-corrected chi connectivity index (χ4v) is 3.39. The van der Waals surface area contributed by atoms with Crippen molar-refractivity contribution in [3.05, 3.63) is 29.3 Å². The molecule has 1 unspecified atom stereocenters. The number of nitrogens with zero attached hydrogens (tertiary/aromatic N) is 1. The lowest BCUT2D eigenvalue weighted by Gasteiger charge is -2.30. The fraction of sp³-hybridized carbons (Fsp3) is 0.562. The summed E-state index contributed by atoms with van der Waals surface area (Å²) in [7, 11) is 0. The summed E-state index contributed by atoms with van der Waals surface area (Å²) in [6.45, 7) is 5.85. The van der Waals surface area contributed by atoms with Gasteiger partial charge in [0.1, 0.15) is 0 Å². The van der Waals surface area contributed by atoms with E-state index in [0.717, 1.165) is 31.7 Å². The molecule has 0 radical (unpaired) electrons. The molecule has 2 N–H and O–H groups in total. The molecule has 4 heteroatoms. The lowest BCUT2D eigenvalue weighted by Crippen LogP contribution is -2.45. The summed E-state index contributed by atoms with van der Waals surface area (Å²) < 4.78 is 0. The molecule has 0 aliphatic carbocycles. The number of carbonyl (C=O) groups is 1. The van der Waals surface area contributed by atoms with E-state index in [1.807, 2.05) is 4.90 Å². The van der Waals surface area contributed by atoms with Gasteiger partial charge in [0.25, 0.3) is 0 Å². The summed E-state index contributed by atoms with van der Waals surface area (Å²) in [5, 5.41) is 0. The molecule has 1 atom stereocenters. The number of thioether (sulfide) groups is 1. The molecule has 1 heterocycles. The Morgan fingerprint density at radius 2 is 2.20 bits per heavy atom. The zero-order valence-corrected chi connectivity index (χ0v) is 13.2. The average Bonchev–Trinajstić information content (AvgIpc) is 2.42. The van der Waals surface area contributed by atoms with E-state index in [-0.39, 0.29) is 11.9 Å². The van der Waals surface area contributed by atoms with Crippen LogP contribution in [0.25, 0.3) is 0 Å². The highest BCUT2D eigenvalue weighted by molar-refractivity contribution is 7.99. The van der Waals surface area contributed by atoms with Gasteiger partial charge in [0.15, 0.2) is 0 Å². The number of hydrogen-bond donors (Lipinski definition) is 1. The minimum Gasteiger partial charge on any atom is -0.341 e. The third-order valence-electron chi connectivity index (χ3n) is 3.87. The van der Waals surface area contributed by atoms with Crippen molar-refractivity contribution in [1.82, 2.24) is 4.90 Å². The Labute approximate surface area is 125 Å². The number of nitrogens with two attached hydrogens (primary N) is 1. The van der Waals surface area contributed by atoms with Crippen LogP contribution in [0.3, 0.4) is 0 Å². The largest absolute Gasteiger partial charge is 0.341 e. The number of rotatable bonds is 4. The van der Waals surface area contributed by atoms with E-state index >= 15 is 0 Å². The predicted octanol–water partition coefficient (Wildman–Crippen LogP) is 2.74. The molecule has 0 aromatic heterocycles. The van der Waals surface area contributed by atoms with Crippen LogP contribution in [-0.2, 0) is 4.79 Å². The molecular formula is C16H24N2OS. The molecule has 20 heavy (non-hydrogen) atoms. The number of piperidine rings is 1. The second kappa shape index (κ2) is 7.14. The van der Waals surface area contributed by atoms with Crippen LogP contribution in [0.4, 0.5) is 0 Å². The highest BCUT2D eigenvalue weighted by atomic mass is 32.2. The number of amides is 1. The van der Waals surface area contributed by atoms with Gasteiger partial charge in [0.05, 0.1) is 0 Å². The van der Waals surface area contributed by atoms with Gasteiger partial charge in [-0.15, -0.1) is 11.8 Å². The van der Waals surface area contributed by atoms with Crippen LogP contribution in [0.15, 0.2) is 23.1 Å². The van der Waals surface area contributed by atoms with Crippen LogP contribution < -0.4 is 5.73 Å². The van der Waals surface area contributed by atoms with E-state index in [0.29, 0.717) is 6.42 Å². The number of likely N-dealkylation sites (tertiary alicyclic amines) is 1. The summed E-state index contributed by atoms with van der Waals surface area (Å²) in [6, 6.07) is 6.64. The topological polar surface area (TPSA) is 46.3 Å². The molecule has 1 amide bonds. The average molecular weight is 292 g/mol. The van der Waals surface area contributed by atoms with Crippen LogP contribution in [0.5, 0.6) is 0 Å². The summed E-state index contributed by atoms with van der Waals surface area (Å²) in [5.41, 5.74) is 8.54. The molecule has 1 aliphatic heterocycles. The van der Waals surface area contributed by atoms with Gasteiger partial charge in [0.2, 0.25) is 5.91 Å². The molecule has 3 nitrogen and oxygen atoms in total. The number of carbonyl (C=O) groups excluding carboxylic acids is 1. The maximum Gasteiger partial charge on any atom is 0.223 e. The van der Waals surface area contributed by atoms with Crippen LogP contribution in [0.2, 0.25) is 0 Å². The maximum atomic E-state index is 12.1. The quantitative estimate of drug-likeness (QED) is 0.868. The highest BCUT2D eigenvalue weighted by Gasteiger charge is 2.20. The molecule has 1 aliphatic rings. The Bertz CT molecular complexity index is 476. The van der Waals surface area contributed by atoms with E-state index in [4.69, 9.17) is 5.73 Å². The van der Waals surface area contributed by atoms with Crippen molar-refractivity contribution in [2.24, 2.45) is 5.73 Å². The third-order valence-corrected chi connectivity index (χ3v) is 4.87. The molecule has 1 aromatic rings. The van der Waals surface area contributed by atoms with E-state index in [1.165, 1.54) is 16.0 Å². The minimum absolute atomic E-state index is 0.167. The van der Waals surface area contributed by atoms with Crippen molar-refractivity contribution < 1.29 is 4.79 Å². The number of aryl methyl sites for hydroxylation is 2. The third kappa shape index (κ3) is 4.25. The summed E-state index contributed by atoms with van der Waals surface area (Å²) in [4.78, 5) is 15.3. The maximum absolute atomic E-state index is 12.1. The summed E-state index contributed by atoms with van der Waals surface area (Å²) >= 11 is 1.76. The van der Waals surface area contributed by atoms with E-state index in [2.05, 4.69) is 32.0 Å². The van der Waals surface area contributed by atoms with Crippen LogP contribution >= 0.6 is 11.8 Å². The fourth-order valence-electron chi connectivity index (χ4n) is 2.45. The lowest BCUT2D eigenvalue weighted by atomic mass is 10.1. The van der Waals surface area contributed by atoms with Gasteiger partial charge in [0, 0.05) is 36.2 Å². The number of hydrogen-bond acceptors (Lipinski definition) is 3. The Morgan fingerprint density at radius 1 is 1.40 bits per heavy atom. The summed E-state index contributed by atoms with van der Waals surface area (Å²) in [5.74, 6) is 1.09. The van der Waals surface area contributed by atoms with Gasteiger partial charge in [-0.05, 0) is 49.9 Å². The van der Waals surface area contributed by atoms with Crippen molar-refractivity contribution >= 4 is 17.7 Å². The first-order valence-corrected chi connectivity index (χ1v) is 8.28. The lowest BCUT2D eigenvalue weighted by molar-refractivity contribution is -0.131. The normalized spacial score (nSPS) is 19.1. The van der Waals surface area contributed by atoms with E-state index in [1.54, 1.807) is 11.8 Å². The van der Waals surface area contributed by atoms with Gasteiger partial charge < -0.3 is 10.6 Å². The molecule has 110 valence electrons. The van der Waals surface area contributed by atoms with Gasteiger partial charge in [-0.2, -0.15) is 0 Å². The standard InChI is InChI=1S/C16H24N2OS/c1-12-5-6-15(10-13(12)2)20-9-7-16(19)18-8-3-4-14(17)11-18/h5-6,10,14H,3-4,7-9,11,17H2,1-2H3. The van der Waals surface area contributed by atoms with Gasteiger partial charge >= 0.3 is 0 Å². The molecule has 0 bridgehead atoms. The van der Waals surface area contributed by atoms with Crippen molar-refractivity contribution in [3.8, 4) is 0 Å². The second-order valence-electron chi connectivity index (χ2n) is 5.59. The molecule has 1 fully saturated rings. The first-order chi connectivity index (χ1) is 9.56. The smallest absolute Gasteiger partial charge is 0.223 e. The molecule has 1 aromatic carbocycles. The van der Waals surface area contributed by atoms with Crippen LogP contribution in [-0.4, -0.2) is 35.7 Å². The molecule has 0 spiro atoms. The molecular weight excluding hydrogens is 268 g/mol. The van der Waals surface area contributed by atoms with Crippen molar-refractivity contribution in [1.29, 1.82) is 0 Å². The minimum atomic E-state index is 0.167. The molecule has 0 saturated carbocycles. The molecule has 1 saturated heterocycles. The predicted molar refractivity (Wildman–Crippen MR) is 85.0 cm³/mol. The summed E-state index contributed by atoms with van der Waals surface area (Å²) in [6.07, 6.45) is 2.68. The Kier molecular flexibility index (Phi) is 5.49. The van der Waals surface area contributed by atoms with Crippen LogP contribution in [0, 0.1) is 13.8 Å². The van der Waals surface area contributed by atoms with Crippen molar-refractivity contribution in [3.63, 3.8) is 0 Å². The first-order valence-electron chi connectivity index (χ1n) is 7.29. The highest BCUT2D eigenvalue weighted by Crippen LogP contribution is 2.22. The Balaban J connectivity index is 1.77. The second-order valence-corrected chi connectivity index (χ2v) is 6.75. The van der Waals surface area contributed by atoms with Crippen LogP contribution in [0.1, 0.15) is 30.4 Å². The van der Waals surface area contributed by atoms with E-state index < -0.39 is 0 Å². The van der Waals surface area contributed by atoms with Crippen molar-refractivity contribution in [2.45, 2.75) is 44.0 Å². The zero-order chi connectivity index (χ0) is 14.5. The van der Waals surface area contributed by atoms with Crippen molar-refractivity contribution in [2.75, 3.05) is 18.8 Å². The van der Waals surface area contributed by atoms with Gasteiger partial charge in [-0.25, -0.2) is 0 Å². The van der Waals surface area contributed by atoms with Gasteiger partial charge in [-0.1, -0.05) is 6.07 Å². The van der Waals surface area contributed by atoms with Gasteiger partial charge in [-0.3, -0.25) is 4.79 Å². The molecule has 2 rings (SSSR count). The first kappa shape index (κ1) is 15.4. The van der Waals surface area contributed by atoms with E-state index in [9.17, 15) is 4.79 Å². The SMILES string of the molecule is Cc1ccc(SCCC(=O)N2CCCC(N)C2)cc1C. The zero-order valence-electron chi connectivity index (χ0n) is 12.4. The monoisotopic (exact) mass is 292 g/mol.